The van der Waals surface area contributed by atoms with Gasteiger partial charge in [-0.05, 0) is 55.2 Å². The second kappa shape index (κ2) is 8.09. The van der Waals surface area contributed by atoms with Gasteiger partial charge in [-0.1, -0.05) is 12.1 Å². The van der Waals surface area contributed by atoms with Crippen LogP contribution < -0.4 is 14.8 Å². The highest BCUT2D eigenvalue weighted by Gasteiger charge is 2.30. The fourth-order valence-electron chi connectivity index (χ4n) is 3.78. The number of likely N-dealkylation sites (tertiary alicyclic amines) is 1. The number of aryl methyl sites for hydroxylation is 1. The third-order valence-electron chi connectivity index (χ3n) is 5.35. The van der Waals surface area contributed by atoms with Crippen molar-refractivity contribution in [1.82, 2.24) is 4.90 Å². The zero-order valence-corrected chi connectivity index (χ0v) is 16.0. The third-order valence-corrected chi connectivity index (χ3v) is 5.35. The summed E-state index contributed by atoms with van der Waals surface area (Å²) >= 11 is 0. The number of halogens is 1. The largest absolute Gasteiger partial charge is 0.490 e. The molecule has 28 heavy (non-hydrogen) atoms. The number of hydrogen-bond acceptors (Lipinski definition) is 4. The molecule has 0 aromatic heterocycles. The van der Waals surface area contributed by atoms with Crippen LogP contribution in [0.2, 0.25) is 0 Å². The molecule has 2 aliphatic heterocycles. The van der Waals surface area contributed by atoms with Gasteiger partial charge in [-0.3, -0.25) is 4.79 Å². The molecular weight excluding hydrogens is 359 g/mol. The van der Waals surface area contributed by atoms with Crippen LogP contribution in [0.4, 0.5) is 10.1 Å². The molecular formula is C22H25FN2O3. The van der Waals surface area contributed by atoms with Crippen LogP contribution in [-0.2, 0) is 4.79 Å². The average Bonchev–Trinajstić information content (AvgIpc) is 3.07. The average molecular weight is 384 g/mol. The molecule has 5 nitrogen and oxygen atoms in total. The van der Waals surface area contributed by atoms with E-state index in [1.165, 1.54) is 6.07 Å². The normalized spacial score (nSPS) is 18.6. The van der Waals surface area contributed by atoms with E-state index in [0.29, 0.717) is 24.5 Å². The van der Waals surface area contributed by atoms with E-state index in [1.54, 1.807) is 19.1 Å². The summed E-state index contributed by atoms with van der Waals surface area (Å²) in [5.41, 5.74) is 2.27. The summed E-state index contributed by atoms with van der Waals surface area (Å²) < 4.78 is 25.2. The second-order valence-corrected chi connectivity index (χ2v) is 7.32. The Kier molecular flexibility index (Phi) is 5.37. The van der Waals surface area contributed by atoms with Crippen molar-refractivity contribution in [3.63, 3.8) is 0 Å². The number of hydrogen-bond donors (Lipinski definition) is 1. The first-order valence-corrected chi connectivity index (χ1v) is 9.81. The quantitative estimate of drug-likeness (QED) is 0.863. The SMILES string of the molecule is Cc1ccc(NCC(=O)N2CCC[C@H]2c2ccc3c(c2)OCCCO3)cc1F. The van der Waals surface area contributed by atoms with Crippen molar-refractivity contribution in [1.29, 1.82) is 0 Å². The molecule has 4 rings (SSSR count). The summed E-state index contributed by atoms with van der Waals surface area (Å²) in [5, 5.41) is 3.04. The number of carbonyl (C=O) groups excluding carboxylic acids is 1. The molecule has 0 aliphatic carbocycles. The molecule has 148 valence electrons. The predicted octanol–water partition coefficient (Wildman–Crippen LogP) is 4.07. The van der Waals surface area contributed by atoms with E-state index in [2.05, 4.69) is 5.32 Å². The van der Waals surface area contributed by atoms with Gasteiger partial charge in [-0.2, -0.15) is 0 Å². The van der Waals surface area contributed by atoms with E-state index in [0.717, 1.165) is 42.9 Å². The molecule has 0 saturated carbocycles. The van der Waals surface area contributed by atoms with Gasteiger partial charge < -0.3 is 19.7 Å². The van der Waals surface area contributed by atoms with Gasteiger partial charge in [0.25, 0.3) is 0 Å². The third kappa shape index (κ3) is 3.91. The molecule has 1 N–H and O–H groups in total. The van der Waals surface area contributed by atoms with Crippen molar-refractivity contribution >= 4 is 11.6 Å². The van der Waals surface area contributed by atoms with Crippen molar-refractivity contribution in [2.45, 2.75) is 32.2 Å². The Morgan fingerprint density at radius 2 is 1.96 bits per heavy atom. The molecule has 0 bridgehead atoms. The fraction of sp³-hybridized carbons (Fsp3) is 0.409. The molecule has 1 fully saturated rings. The van der Waals surface area contributed by atoms with Gasteiger partial charge in [0.15, 0.2) is 11.5 Å². The molecule has 1 saturated heterocycles. The van der Waals surface area contributed by atoms with Crippen LogP contribution in [0.3, 0.4) is 0 Å². The molecule has 2 aliphatic rings. The minimum atomic E-state index is -0.274. The van der Waals surface area contributed by atoms with Gasteiger partial charge in [0.05, 0.1) is 25.8 Å². The molecule has 0 unspecified atom stereocenters. The van der Waals surface area contributed by atoms with Crippen LogP contribution in [0.15, 0.2) is 36.4 Å². The Hall–Kier alpha value is -2.76. The first-order valence-electron chi connectivity index (χ1n) is 9.81. The van der Waals surface area contributed by atoms with Crippen molar-refractivity contribution in [2.24, 2.45) is 0 Å². The highest BCUT2D eigenvalue weighted by atomic mass is 19.1. The zero-order chi connectivity index (χ0) is 19.5. The lowest BCUT2D eigenvalue weighted by atomic mass is 10.0. The van der Waals surface area contributed by atoms with Gasteiger partial charge in [-0.25, -0.2) is 4.39 Å². The minimum absolute atomic E-state index is 0.00981. The number of amides is 1. The Morgan fingerprint density at radius 3 is 2.79 bits per heavy atom. The topological polar surface area (TPSA) is 50.8 Å². The number of nitrogens with zero attached hydrogens (tertiary/aromatic N) is 1. The number of nitrogens with one attached hydrogen (secondary N) is 1. The van der Waals surface area contributed by atoms with Gasteiger partial charge in [-0.15, -0.1) is 0 Å². The second-order valence-electron chi connectivity index (χ2n) is 7.32. The summed E-state index contributed by atoms with van der Waals surface area (Å²) in [5.74, 6) is 1.25. The van der Waals surface area contributed by atoms with Crippen LogP contribution in [0.5, 0.6) is 11.5 Å². The Balaban J connectivity index is 1.44. The molecule has 0 radical (unpaired) electrons. The van der Waals surface area contributed by atoms with Crippen LogP contribution in [-0.4, -0.2) is 37.1 Å². The minimum Gasteiger partial charge on any atom is -0.490 e. The summed E-state index contributed by atoms with van der Waals surface area (Å²) in [6.07, 6.45) is 2.75. The first kappa shape index (κ1) is 18.6. The van der Waals surface area contributed by atoms with E-state index < -0.39 is 0 Å². The molecule has 1 atom stereocenters. The predicted molar refractivity (Wildman–Crippen MR) is 105 cm³/mol. The van der Waals surface area contributed by atoms with E-state index in [1.807, 2.05) is 23.1 Å². The van der Waals surface area contributed by atoms with Crippen LogP contribution >= 0.6 is 0 Å². The molecule has 6 heteroatoms. The summed E-state index contributed by atoms with van der Waals surface area (Å²) in [6.45, 7) is 3.88. The van der Waals surface area contributed by atoms with Gasteiger partial charge in [0.2, 0.25) is 5.91 Å². The Labute approximate surface area is 164 Å². The number of anilines is 1. The lowest BCUT2D eigenvalue weighted by Gasteiger charge is -2.26. The number of carbonyl (C=O) groups is 1. The van der Waals surface area contributed by atoms with E-state index >= 15 is 0 Å². The van der Waals surface area contributed by atoms with Crippen LogP contribution in [0.1, 0.15) is 36.4 Å². The van der Waals surface area contributed by atoms with Gasteiger partial charge in [0.1, 0.15) is 5.82 Å². The summed E-state index contributed by atoms with van der Waals surface area (Å²) in [6, 6.07) is 10.9. The number of benzene rings is 2. The highest BCUT2D eigenvalue weighted by Crippen LogP contribution is 2.37. The van der Waals surface area contributed by atoms with E-state index in [4.69, 9.17) is 9.47 Å². The summed E-state index contributed by atoms with van der Waals surface area (Å²) in [4.78, 5) is 14.7. The lowest BCUT2D eigenvalue weighted by Crippen LogP contribution is -2.35. The monoisotopic (exact) mass is 384 g/mol. The lowest BCUT2D eigenvalue weighted by molar-refractivity contribution is -0.130. The van der Waals surface area contributed by atoms with Gasteiger partial charge >= 0.3 is 0 Å². The van der Waals surface area contributed by atoms with Gasteiger partial charge in [0, 0.05) is 18.7 Å². The van der Waals surface area contributed by atoms with Crippen molar-refractivity contribution in [3.8, 4) is 11.5 Å². The van der Waals surface area contributed by atoms with E-state index in [-0.39, 0.29) is 24.3 Å². The maximum Gasteiger partial charge on any atom is 0.242 e. The number of fused-ring (bicyclic) bond motifs is 1. The Bertz CT molecular complexity index is 871. The van der Waals surface area contributed by atoms with Crippen LogP contribution in [0, 0.1) is 12.7 Å². The maximum atomic E-state index is 13.7. The Morgan fingerprint density at radius 1 is 1.14 bits per heavy atom. The standard InChI is InChI=1S/C22H25FN2O3/c1-15-5-7-17(13-18(15)23)24-14-22(26)25-9-2-4-19(25)16-6-8-20-21(12-16)28-11-3-10-27-20/h5-8,12-13,19,24H,2-4,9-11,14H2,1H3/t19-/m0/s1. The zero-order valence-electron chi connectivity index (χ0n) is 16.0. The first-order chi connectivity index (χ1) is 13.6. The molecule has 1 amide bonds. The van der Waals surface area contributed by atoms with Crippen LogP contribution in [0.25, 0.3) is 0 Å². The highest BCUT2D eigenvalue weighted by molar-refractivity contribution is 5.81. The van der Waals surface area contributed by atoms with E-state index in [9.17, 15) is 9.18 Å². The molecule has 0 spiro atoms. The number of rotatable bonds is 4. The summed E-state index contributed by atoms with van der Waals surface area (Å²) in [7, 11) is 0. The van der Waals surface area contributed by atoms with Crippen molar-refractivity contribution < 1.29 is 18.7 Å². The maximum absolute atomic E-state index is 13.7. The molecule has 2 aromatic rings. The molecule has 2 heterocycles. The molecule has 2 aromatic carbocycles. The number of ether oxygens (including phenoxy) is 2. The smallest absolute Gasteiger partial charge is 0.242 e. The fourth-order valence-corrected chi connectivity index (χ4v) is 3.78. The van der Waals surface area contributed by atoms with Crippen molar-refractivity contribution in [3.05, 3.63) is 53.3 Å². The van der Waals surface area contributed by atoms with Crippen molar-refractivity contribution in [2.75, 3.05) is 31.6 Å².